The standard InChI is InChI=1S/C29H22Cl2N2O/c30-27-13-6-14-28(31)26(27)18-33-32-17-25-24-12-4-2-8-21(24)15-16-29(25)34-19-22-10-5-9-20-7-1-3-11-23(20)22/h1-17,33H,18-19H2/b32-17+. The predicted molar refractivity (Wildman–Crippen MR) is 143 cm³/mol. The van der Waals surface area contributed by atoms with Crippen LogP contribution >= 0.6 is 23.2 Å². The van der Waals surface area contributed by atoms with E-state index in [-0.39, 0.29) is 0 Å². The van der Waals surface area contributed by atoms with Crippen molar-refractivity contribution in [2.24, 2.45) is 5.10 Å². The van der Waals surface area contributed by atoms with Crippen LogP contribution in [-0.4, -0.2) is 6.21 Å². The Balaban J connectivity index is 1.41. The average molecular weight is 485 g/mol. The summed E-state index contributed by atoms with van der Waals surface area (Å²) in [5.41, 5.74) is 5.93. The molecule has 0 saturated carbocycles. The molecule has 0 bridgehead atoms. The Morgan fingerprint density at radius 3 is 2.15 bits per heavy atom. The molecule has 0 amide bonds. The second-order valence-electron chi connectivity index (χ2n) is 7.92. The van der Waals surface area contributed by atoms with Crippen LogP contribution in [0.25, 0.3) is 21.5 Å². The van der Waals surface area contributed by atoms with Gasteiger partial charge in [-0.1, -0.05) is 102 Å². The highest BCUT2D eigenvalue weighted by Gasteiger charge is 2.09. The summed E-state index contributed by atoms with van der Waals surface area (Å²) < 4.78 is 6.33. The normalized spacial score (nSPS) is 11.4. The van der Waals surface area contributed by atoms with Crippen LogP contribution in [0.1, 0.15) is 16.7 Å². The smallest absolute Gasteiger partial charge is 0.129 e. The molecule has 1 N–H and O–H groups in total. The molecular formula is C29H22Cl2N2O. The first-order valence-corrected chi connectivity index (χ1v) is 11.8. The molecule has 0 aromatic heterocycles. The van der Waals surface area contributed by atoms with Gasteiger partial charge in [0, 0.05) is 21.2 Å². The average Bonchev–Trinajstić information content (AvgIpc) is 2.87. The fourth-order valence-electron chi connectivity index (χ4n) is 4.04. The van der Waals surface area contributed by atoms with Crippen molar-refractivity contribution in [3.63, 3.8) is 0 Å². The second-order valence-corrected chi connectivity index (χ2v) is 8.73. The molecule has 0 saturated heterocycles. The van der Waals surface area contributed by atoms with Crippen LogP contribution in [0.3, 0.4) is 0 Å². The summed E-state index contributed by atoms with van der Waals surface area (Å²) in [7, 11) is 0. The summed E-state index contributed by atoms with van der Waals surface area (Å²) in [6.07, 6.45) is 1.80. The molecule has 0 heterocycles. The Morgan fingerprint density at radius 1 is 0.706 bits per heavy atom. The van der Waals surface area contributed by atoms with Crippen molar-refractivity contribution in [1.82, 2.24) is 5.43 Å². The molecule has 0 aliphatic heterocycles. The van der Waals surface area contributed by atoms with Crippen molar-refractivity contribution < 1.29 is 4.74 Å². The van der Waals surface area contributed by atoms with E-state index in [1.165, 1.54) is 10.8 Å². The number of nitrogens with zero attached hydrogens (tertiary/aromatic N) is 1. The zero-order chi connectivity index (χ0) is 23.3. The molecular weight excluding hydrogens is 463 g/mol. The Labute approximate surface area is 208 Å². The molecule has 5 heteroatoms. The monoisotopic (exact) mass is 484 g/mol. The lowest BCUT2D eigenvalue weighted by atomic mass is 10.0. The van der Waals surface area contributed by atoms with Gasteiger partial charge in [-0.05, 0) is 45.3 Å². The van der Waals surface area contributed by atoms with Crippen LogP contribution in [0, 0.1) is 0 Å². The van der Waals surface area contributed by atoms with Gasteiger partial charge in [0.15, 0.2) is 0 Å². The van der Waals surface area contributed by atoms with E-state index in [9.17, 15) is 0 Å². The molecule has 3 nitrogen and oxygen atoms in total. The zero-order valence-electron chi connectivity index (χ0n) is 18.3. The highest BCUT2D eigenvalue weighted by Crippen LogP contribution is 2.29. The number of hydrazone groups is 1. The Hall–Kier alpha value is -3.53. The summed E-state index contributed by atoms with van der Waals surface area (Å²) >= 11 is 12.5. The van der Waals surface area contributed by atoms with Gasteiger partial charge >= 0.3 is 0 Å². The first-order valence-electron chi connectivity index (χ1n) is 11.0. The number of ether oxygens (including phenoxy) is 1. The fourth-order valence-corrected chi connectivity index (χ4v) is 4.58. The molecule has 0 radical (unpaired) electrons. The van der Waals surface area contributed by atoms with Crippen LogP contribution in [0.2, 0.25) is 10.0 Å². The van der Waals surface area contributed by atoms with Crippen molar-refractivity contribution in [3.8, 4) is 5.75 Å². The lowest BCUT2D eigenvalue weighted by Crippen LogP contribution is -2.07. The minimum Gasteiger partial charge on any atom is -0.488 e. The van der Waals surface area contributed by atoms with Gasteiger partial charge in [-0.3, -0.25) is 0 Å². The van der Waals surface area contributed by atoms with E-state index in [0.29, 0.717) is 23.2 Å². The molecule has 0 unspecified atom stereocenters. The maximum Gasteiger partial charge on any atom is 0.129 e. The molecule has 0 aliphatic carbocycles. The molecule has 5 aromatic rings. The Morgan fingerprint density at radius 2 is 1.35 bits per heavy atom. The minimum absolute atomic E-state index is 0.423. The van der Waals surface area contributed by atoms with Gasteiger partial charge in [0.25, 0.3) is 0 Å². The van der Waals surface area contributed by atoms with Gasteiger partial charge in [-0.25, -0.2) is 0 Å². The maximum absolute atomic E-state index is 6.33. The maximum atomic E-state index is 6.33. The van der Waals surface area contributed by atoms with Gasteiger partial charge in [0.2, 0.25) is 0 Å². The minimum atomic E-state index is 0.423. The topological polar surface area (TPSA) is 33.6 Å². The van der Waals surface area contributed by atoms with E-state index in [0.717, 1.165) is 33.2 Å². The number of halogens is 2. The number of benzene rings is 5. The molecule has 34 heavy (non-hydrogen) atoms. The van der Waals surface area contributed by atoms with E-state index in [1.807, 2.05) is 42.5 Å². The van der Waals surface area contributed by atoms with Gasteiger partial charge < -0.3 is 10.2 Å². The molecule has 0 fully saturated rings. The lowest BCUT2D eigenvalue weighted by Gasteiger charge is -2.13. The number of nitrogens with one attached hydrogen (secondary N) is 1. The van der Waals surface area contributed by atoms with E-state index < -0.39 is 0 Å². The summed E-state index contributed by atoms with van der Waals surface area (Å²) in [4.78, 5) is 0. The Kier molecular flexibility index (Phi) is 6.66. The quantitative estimate of drug-likeness (QED) is 0.187. The molecule has 0 atom stereocenters. The zero-order valence-corrected chi connectivity index (χ0v) is 19.9. The van der Waals surface area contributed by atoms with Crippen molar-refractivity contribution in [2.45, 2.75) is 13.2 Å². The van der Waals surface area contributed by atoms with Crippen molar-refractivity contribution >= 4 is 51.0 Å². The summed E-state index contributed by atoms with van der Waals surface area (Å²) in [5.74, 6) is 0.771. The highest BCUT2D eigenvalue weighted by atomic mass is 35.5. The predicted octanol–water partition coefficient (Wildman–Crippen LogP) is 8.00. The van der Waals surface area contributed by atoms with E-state index in [4.69, 9.17) is 27.9 Å². The number of hydrogen-bond donors (Lipinski definition) is 1. The Bertz CT molecular complexity index is 1470. The SMILES string of the molecule is Clc1cccc(Cl)c1CN/N=C/c1c(OCc2cccc3ccccc23)ccc2ccccc12. The first-order chi connectivity index (χ1) is 16.7. The van der Waals surface area contributed by atoms with Gasteiger partial charge in [-0.2, -0.15) is 5.10 Å². The molecule has 5 aromatic carbocycles. The number of hydrogen-bond acceptors (Lipinski definition) is 3. The highest BCUT2D eigenvalue weighted by molar-refractivity contribution is 6.36. The van der Waals surface area contributed by atoms with Crippen LogP contribution in [0.5, 0.6) is 5.75 Å². The third-order valence-electron chi connectivity index (χ3n) is 5.80. The number of rotatable bonds is 7. The fraction of sp³-hybridized carbons (Fsp3) is 0.0690. The number of fused-ring (bicyclic) bond motifs is 2. The van der Waals surface area contributed by atoms with Gasteiger partial charge in [0.05, 0.1) is 12.8 Å². The molecule has 0 aliphatic rings. The summed E-state index contributed by atoms with van der Waals surface area (Å²) in [5, 5.41) is 10.3. The van der Waals surface area contributed by atoms with E-state index >= 15 is 0 Å². The van der Waals surface area contributed by atoms with Crippen LogP contribution in [-0.2, 0) is 13.2 Å². The van der Waals surface area contributed by atoms with Gasteiger partial charge in [0.1, 0.15) is 12.4 Å². The van der Waals surface area contributed by atoms with Crippen LogP contribution < -0.4 is 10.2 Å². The molecule has 5 rings (SSSR count). The van der Waals surface area contributed by atoms with Crippen LogP contribution in [0.15, 0.2) is 102 Å². The summed E-state index contributed by atoms with van der Waals surface area (Å²) in [6.45, 7) is 0.884. The largest absolute Gasteiger partial charge is 0.488 e. The lowest BCUT2D eigenvalue weighted by molar-refractivity contribution is 0.307. The van der Waals surface area contributed by atoms with Crippen molar-refractivity contribution in [3.05, 3.63) is 124 Å². The van der Waals surface area contributed by atoms with E-state index in [2.05, 4.69) is 65.1 Å². The first kappa shape index (κ1) is 22.3. The third kappa shape index (κ3) is 4.72. The van der Waals surface area contributed by atoms with Crippen molar-refractivity contribution in [1.29, 1.82) is 0 Å². The van der Waals surface area contributed by atoms with Gasteiger partial charge in [-0.15, -0.1) is 0 Å². The second kappa shape index (κ2) is 10.2. The third-order valence-corrected chi connectivity index (χ3v) is 6.50. The van der Waals surface area contributed by atoms with E-state index in [1.54, 1.807) is 6.21 Å². The van der Waals surface area contributed by atoms with Crippen LogP contribution in [0.4, 0.5) is 0 Å². The molecule has 168 valence electrons. The summed E-state index contributed by atoms with van der Waals surface area (Å²) in [6, 6.07) is 32.4. The molecule has 0 spiro atoms. The van der Waals surface area contributed by atoms with Crippen molar-refractivity contribution in [2.75, 3.05) is 0 Å².